The van der Waals surface area contributed by atoms with E-state index in [0.717, 1.165) is 55.5 Å². The molecule has 1 aliphatic carbocycles. The van der Waals surface area contributed by atoms with Gasteiger partial charge >= 0.3 is 5.69 Å². The number of likely N-dealkylation sites (tertiary alicyclic amines) is 1. The van der Waals surface area contributed by atoms with Gasteiger partial charge in [-0.05, 0) is 38.2 Å². The summed E-state index contributed by atoms with van der Waals surface area (Å²) in [5.41, 5.74) is 1.76. The second-order valence-corrected chi connectivity index (χ2v) is 6.13. The van der Waals surface area contributed by atoms with E-state index in [0.29, 0.717) is 12.2 Å². The maximum Gasteiger partial charge on any atom is 0.345 e. The Hall–Kier alpha value is -2.44. The monoisotopic (exact) mass is 314 g/mol. The van der Waals surface area contributed by atoms with Crippen molar-refractivity contribution in [2.75, 3.05) is 6.54 Å². The Labute approximate surface area is 132 Å². The molecular formula is C16H18N4O3. The zero-order valence-corrected chi connectivity index (χ0v) is 12.7. The molecule has 23 heavy (non-hydrogen) atoms. The van der Waals surface area contributed by atoms with Crippen molar-refractivity contribution in [3.8, 4) is 0 Å². The largest absolute Gasteiger partial charge is 0.360 e. The van der Waals surface area contributed by atoms with Crippen LogP contribution in [0.15, 0.2) is 21.6 Å². The third-order valence-electron chi connectivity index (χ3n) is 4.72. The summed E-state index contributed by atoms with van der Waals surface area (Å²) in [5, 5.41) is 4.04. The summed E-state index contributed by atoms with van der Waals surface area (Å²) in [7, 11) is 0. The lowest BCUT2D eigenvalue weighted by atomic mass is 9.96. The first-order valence-corrected chi connectivity index (χ1v) is 8.07. The van der Waals surface area contributed by atoms with Crippen molar-refractivity contribution in [3.63, 3.8) is 0 Å². The Morgan fingerprint density at radius 3 is 3.04 bits per heavy atom. The summed E-state index contributed by atoms with van der Waals surface area (Å²) in [4.78, 5) is 32.6. The maximum atomic E-state index is 12.9. The smallest absolute Gasteiger partial charge is 0.345 e. The highest BCUT2D eigenvalue weighted by atomic mass is 16.5. The minimum atomic E-state index is -0.388. The second-order valence-electron chi connectivity index (χ2n) is 6.13. The van der Waals surface area contributed by atoms with Crippen LogP contribution in [0, 0.1) is 0 Å². The Kier molecular flexibility index (Phi) is 3.48. The van der Waals surface area contributed by atoms with E-state index in [1.165, 1.54) is 6.20 Å². The Morgan fingerprint density at radius 1 is 1.30 bits per heavy atom. The molecule has 7 nitrogen and oxygen atoms in total. The van der Waals surface area contributed by atoms with Crippen LogP contribution >= 0.6 is 0 Å². The standard InChI is InChI=1S/C16H18N4O3/c21-15(14-10-4-1-2-6-13(10)23-19-14)20-9-3-5-12(20)11-7-8-17-16(22)18-11/h7-8,12H,1-6,9H2,(H,17,18,22)/t12-/m0/s1. The molecule has 3 heterocycles. The van der Waals surface area contributed by atoms with Gasteiger partial charge in [0.1, 0.15) is 5.76 Å². The molecule has 1 atom stereocenters. The van der Waals surface area contributed by atoms with Crippen LogP contribution in [0.4, 0.5) is 0 Å². The number of aromatic nitrogens is 3. The number of rotatable bonds is 2. The number of amides is 1. The lowest BCUT2D eigenvalue weighted by molar-refractivity contribution is 0.0721. The molecule has 2 aliphatic rings. The van der Waals surface area contributed by atoms with E-state index in [2.05, 4.69) is 15.1 Å². The van der Waals surface area contributed by atoms with Crippen LogP contribution in [-0.2, 0) is 12.8 Å². The molecule has 1 fully saturated rings. The predicted octanol–water partition coefficient (Wildman–Crippen LogP) is 1.61. The number of carbonyl (C=O) groups excluding carboxylic acids is 1. The number of hydrogen-bond donors (Lipinski definition) is 1. The number of H-pyrrole nitrogens is 1. The van der Waals surface area contributed by atoms with Gasteiger partial charge in [0.2, 0.25) is 0 Å². The molecule has 0 aromatic carbocycles. The lowest BCUT2D eigenvalue weighted by Crippen LogP contribution is -2.33. The quantitative estimate of drug-likeness (QED) is 0.909. The number of nitrogens with one attached hydrogen (secondary N) is 1. The van der Waals surface area contributed by atoms with Crippen LogP contribution < -0.4 is 5.69 Å². The fourth-order valence-electron chi connectivity index (χ4n) is 3.60. The highest BCUT2D eigenvalue weighted by Crippen LogP contribution is 2.33. The lowest BCUT2D eigenvalue weighted by Gasteiger charge is -2.24. The van der Waals surface area contributed by atoms with Crippen LogP contribution in [0.25, 0.3) is 0 Å². The molecule has 120 valence electrons. The van der Waals surface area contributed by atoms with Crippen molar-refractivity contribution in [1.82, 2.24) is 20.0 Å². The zero-order chi connectivity index (χ0) is 15.8. The van der Waals surface area contributed by atoms with Gasteiger partial charge in [-0.1, -0.05) is 5.16 Å². The molecule has 2 aromatic rings. The molecule has 1 amide bonds. The molecule has 1 N–H and O–H groups in total. The zero-order valence-electron chi connectivity index (χ0n) is 12.7. The van der Waals surface area contributed by atoms with Gasteiger partial charge in [0.05, 0.1) is 6.04 Å². The summed E-state index contributed by atoms with van der Waals surface area (Å²) in [6.07, 6.45) is 7.07. The molecule has 4 rings (SSSR count). The Balaban J connectivity index is 1.65. The van der Waals surface area contributed by atoms with E-state index in [1.807, 2.05) is 0 Å². The molecule has 0 bridgehead atoms. The van der Waals surface area contributed by atoms with Gasteiger partial charge in [-0.2, -0.15) is 0 Å². The van der Waals surface area contributed by atoms with Gasteiger partial charge in [0.25, 0.3) is 5.91 Å². The van der Waals surface area contributed by atoms with Crippen molar-refractivity contribution < 1.29 is 9.32 Å². The van der Waals surface area contributed by atoms with Crippen molar-refractivity contribution in [2.24, 2.45) is 0 Å². The van der Waals surface area contributed by atoms with E-state index in [9.17, 15) is 9.59 Å². The molecule has 1 aliphatic heterocycles. The average molecular weight is 314 g/mol. The van der Waals surface area contributed by atoms with Crippen LogP contribution in [0.3, 0.4) is 0 Å². The number of nitrogens with zero attached hydrogens (tertiary/aromatic N) is 3. The first kappa shape index (κ1) is 14.2. The molecule has 0 radical (unpaired) electrons. The van der Waals surface area contributed by atoms with Crippen molar-refractivity contribution in [2.45, 2.75) is 44.6 Å². The summed E-state index contributed by atoms with van der Waals surface area (Å²) < 4.78 is 5.36. The summed E-state index contributed by atoms with van der Waals surface area (Å²) in [6, 6.07) is 1.63. The maximum absolute atomic E-state index is 12.9. The van der Waals surface area contributed by atoms with E-state index in [4.69, 9.17) is 4.52 Å². The molecule has 0 unspecified atom stereocenters. The number of hydrogen-bond acceptors (Lipinski definition) is 5. The minimum absolute atomic E-state index is 0.0999. The summed E-state index contributed by atoms with van der Waals surface area (Å²) in [6.45, 7) is 0.662. The van der Waals surface area contributed by atoms with Crippen molar-refractivity contribution in [1.29, 1.82) is 0 Å². The first-order chi connectivity index (χ1) is 11.2. The van der Waals surface area contributed by atoms with Crippen LogP contribution in [0.2, 0.25) is 0 Å². The summed E-state index contributed by atoms with van der Waals surface area (Å²) in [5.74, 6) is 0.754. The topological polar surface area (TPSA) is 92.1 Å². The minimum Gasteiger partial charge on any atom is -0.360 e. The first-order valence-electron chi connectivity index (χ1n) is 8.07. The van der Waals surface area contributed by atoms with Crippen molar-refractivity contribution in [3.05, 3.63) is 45.5 Å². The second kappa shape index (κ2) is 5.64. The fourth-order valence-corrected chi connectivity index (χ4v) is 3.60. The molecule has 7 heteroatoms. The van der Waals surface area contributed by atoms with E-state index >= 15 is 0 Å². The van der Waals surface area contributed by atoms with E-state index in [1.54, 1.807) is 11.0 Å². The fraction of sp³-hybridized carbons (Fsp3) is 0.500. The van der Waals surface area contributed by atoms with Crippen LogP contribution in [0.5, 0.6) is 0 Å². The van der Waals surface area contributed by atoms with Gasteiger partial charge in [-0.3, -0.25) is 4.79 Å². The van der Waals surface area contributed by atoms with Gasteiger partial charge in [-0.25, -0.2) is 9.78 Å². The van der Waals surface area contributed by atoms with Gasteiger partial charge in [0.15, 0.2) is 5.69 Å². The average Bonchev–Trinajstić information content (AvgIpc) is 3.21. The molecule has 2 aromatic heterocycles. The third kappa shape index (κ3) is 2.46. The molecule has 0 spiro atoms. The van der Waals surface area contributed by atoms with E-state index < -0.39 is 0 Å². The van der Waals surface area contributed by atoms with E-state index in [-0.39, 0.29) is 17.6 Å². The number of fused-ring (bicyclic) bond motifs is 1. The number of carbonyl (C=O) groups is 1. The Morgan fingerprint density at radius 2 is 2.17 bits per heavy atom. The normalized spacial score (nSPS) is 20.5. The molecule has 0 saturated carbocycles. The number of aryl methyl sites for hydroxylation is 1. The van der Waals surface area contributed by atoms with Crippen LogP contribution in [0.1, 0.15) is 59.2 Å². The predicted molar refractivity (Wildman–Crippen MR) is 81.0 cm³/mol. The van der Waals surface area contributed by atoms with Gasteiger partial charge in [-0.15, -0.1) is 0 Å². The molecular weight excluding hydrogens is 296 g/mol. The molecule has 1 saturated heterocycles. The van der Waals surface area contributed by atoms with Crippen molar-refractivity contribution >= 4 is 5.91 Å². The third-order valence-corrected chi connectivity index (χ3v) is 4.72. The Bertz CT molecular complexity index is 795. The van der Waals surface area contributed by atoms with Gasteiger partial charge < -0.3 is 14.4 Å². The SMILES string of the molecule is O=C(c1noc2c1CCCC2)N1CCC[C@H]1c1ccnc(=O)[nH]1. The highest BCUT2D eigenvalue weighted by Gasteiger charge is 2.35. The van der Waals surface area contributed by atoms with Crippen LogP contribution in [-0.4, -0.2) is 32.5 Å². The van der Waals surface area contributed by atoms with Gasteiger partial charge in [0, 0.05) is 30.4 Å². The summed E-state index contributed by atoms with van der Waals surface area (Å²) >= 11 is 0. The highest BCUT2D eigenvalue weighted by molar-refractivity contribution is 5.94. The number of aromatic amines is 1.